The van der Waals surface area contributed by atoms with Gasteiger partial charge >= 0.3 is 11.8 Å². The Morgan fingerprint density at radius 2 is 1.68 bits per heavy atom. The summed E-state index contributed by atoms with van der Waals surface area (Å²) in [6.45, 7) is 8.13. The molecule has 3 amide bonds. The zero-order valence-corrected chi connectivity index (χ0v) is 22.6. The van der Waals surface area contributed by atoms with E-state index in [-0.39, 0.29) is 19.1 Å². The third-order valence-corrected chi connectivity index (χ3v) is 6.03. The molecule has 38 heavy (non-hydrogen) atoms. The second-order valence-electron chi connectivity index (χ2n) is 9.10. The number of anilines is 1. The lowest BCUT2D eigenvalue weighted by atomic mass is 10.0. The normalized spacial score (nSPS) is 10.9. The third kappa shape index (κ3) is 8.45. The number of halogens is 1. The molecule has 3 N–H and O–H groups in total. The Morgan fingerprint density at radius 1 is 0.947 bits per heavy atom. The lowest BCUT2D eigenvalue weighted by molar-refractivity contribution is -0.139. The second-order valence-corrected chi connectivity index (χ2v) is 9.53. The summed E-state index contributed by atoms with van der Waals surface area (Å²) >= 11 is 6.08. The molecule has 8 nitrogen and oxygen atoms in total. The average molecular weight is 535 g/mol. The van der Waals surface area contributed by atoms with Crippen LogP contribution in [-0.2, 0) is 20.9 Å². The maximum absolute atomic E-state index is 12.4. The van der Waals surface area contributed by atoms with Crippen LogP contribution in [0.1, 0.15) is 47.6 Å². The first-order chi connectivity index (χ1) is 18.1. The highest BCUT2D eigenvalue weighted by Gasteiger charge is 2.13. The monoisotopic (exact) mass is 534 g/mol. The first-order valence-electron chi connectivity index (χ1n) is 12.1. The number of benzene rings is 3. The van der Waals surface area contributed by atoms with E-state index in [9.17, 15) is 14.4 Å². The molecule has 0 fully saturated rings. The van der Waals surface area contributed by atoms with Crippen LogP contribution in [0, 0.1) is 13.8 Å². The van der Waals surface area contributed by atoms with Gasteiger partial charge in [-0.3, -0.25) is 14.4 Å². The predicted molar refractivity (Wildman–Crippen MR) is 150 cm³/mol. The van der Waals surface area contributed by atoms with Crippen LogP contribution in [-0.4, -0.2) is 30.5 Å². The van der Waals surface area contributed by atoms with Gasteiger partial charge in [-0.05, 0) is 72.4 Å². The van der Waals surface area contributed by atoms with Crippen molar-refractivity contribution in [2.24, 2.45) is 5.10 Å². The van der Waals surface area contributed by atoms with E-state index in [1.165, 1.54) is 11.8 Å². The van der Waals surface area contributed by atoms with E-state index >= 15 is 0 Å². The standard InChI is InChI=1S/C29H31ClN4O4/c1-18(2)22-8-6-21(7-9-22)15-31-28(36)29(37)34-32-16-23-14-24(30)10-12-26(23)38-17-27(35)33-25-11-5-19(3)20(4)13-25/h5-14,16,18H,15,17H2,1-4H3,(H,31,36)(H,33,35)(H,34,37)/b32-16-. The zero-order chi connectivity index (χ0) is 27.7. The number of hydrogen-bond donors (Lipinski definition) is 3. The van der Waals surface area contributed by atoms with E-state index in [4.69, 9.17) is 16.3 Å². The van der Waals surface area contributed by atoms with Crippen LogP contribution in [0.4, 0.5) is 5.69 Å². The molecule has 3 aromatic rings. The molecule has 3 aromatic carbocycles. The lowest BCUT2D eigenvalue weighted by Crippen LogP contribution is -2.37. The fraction of sp³-hybridized carbons (Fsp3) is 0.241. The summed E-state index contributed by atoms with van der Waals surface area (Å²) in [7, 11) is 0. The van der Waals surface area contributed by atoms with Crippen molar-refractivity contribution in [3.63, 3.8) is 0 Å². The topological polar surface area (TPSA) is 109 Å². The molecule has 0 unspecified atom stereocenters. The molecule has 0 atom stereocenters. The van der Waals surface area contributed by atoms with Crippen LogP contribution in [0.15, 0.2) is 65.8 Å². The molecule has 0 saturated heterocycles. The summed E-state index contributed by atoms with van der Waals surface area (Å²) in [6.07, 6.45) is 1.29. The van der Waals surface area contributed by atoms with Gasteiger partial charge in [-0.1, -0.05) is 55.8 Å². The molecule has 0 aliphatic heterocycles. The van der Waals surface area contributed by atoms with E-state index in [1.54, 1.807) is 18.2 Å². The van der Waals surface area contributed by atoms with Crippen molar-refractivity contribution in [3.8, 4) is 5.75 Å². The van der Waals surface area contributed by atoms with Crippen LogP contribution in [0.3, 0.4) is 0 Å². The number of hydrogen-bond acceptors (Lipinski definition) is 5. The summed E-state index contributed by atoms with van der Waals surface area (Å²) in [5, 5.41) is 9.60. The minimum atomic E-state index is -0.919. The number of ether oxygens (including phenoxy) is 1. The molecule has 0 radical (unpaired) electrons. The largest absolute Gasteiger partial charge is 0.483 e. The van der Waals surface area contributed by atoms with Gasteiger partial charge in [0.05, 0.1) is 6.21 Å². The van der Waals surface area contributed by atoms with E-state index in [0.29, 0.717) is 27.9 Å². The van der Waals surface area contributed by atoms with Crippen molar-refractivity contribution in [1.29, 1.82) is 0 Å². The maximum atomic E-state index is 12.4. The second kappa shape index (κ2) is 13.4. The molecule has 0 heterocycles. The number of aryl methyl sites for hydroxylation is 2. The average Bonchev–Trinajstić information content (AvgIpc) is 2.89. The summed E-state index contributed by atoms with van der Waals surface area (Å²) in [5.74, 6) is -1.34. The van der Waals surface area contributed by atoms with Gasteiger partial charge in [0, 0.05) is 22.8 Å². The highest BCUT2D eigenvalue weighted by molar-refractivity contribution is 6.35. The lowest BCUT2D eigenvalue weighted by Gasteiger charge is -2.11. The van der Waals surface area contributed by atoms with Crippen LogP contribution in [0.5, 0.6) is 5.75 Å². The number of nitrogens with zero attached hydrogens (tertiary/aromatic N) is 1. The highest BCUT2D eigenvalue weighted by atomic mass is 35.5. The van der Waals surface area contributed by atoms with Gasteiger partial charge in [0.1, 0.15) is 5.75 Å². The number of rotatable bonds is 9. The maximum Gasteiger partial charge on any atom is 0.329 e. The van der Waals surface area contributed by atoms with E-state index in [2.05, 4.69) is 35.0 Å². The van der Waals surface area contributed by atoms with Gasteiger partial charge in [0.25, 0.3) is 5.91 Å². The Kier molecular flexibility index (Phi) is 10.0. The summed E-state index contributed by atoms with van der Waals surface area (Å²) in [5.41, 5.74) is 7.54. The van der Waals surface area contributed by atoms with Crippen molar-refractivity contribution < 1.29 is 19.1 Å². The molecule has 0 aliphatic rings. The number of nitrogens with one attached hydrogen (secondary N) is 3. The van der Waals surface area contributed by atoms with Gasteiger partial charge in [-0.15, -0.1) is 0 Å². The molecule has 3 rings (SSSR count). The fourth-order valence-electron chi connectivity index (χ4n) is 3.41. The molecule has 0 saturated carbocycles. The molecule has 198 valence electrons. The van der Waals surface area contributed by atoms with Crippen LogP contribution < -0.4 is 20.8 Å². The minimum absolute atomic E-state index is 0.213. The van der Waals surface area contributed by atoms with Gasteiger partial charge in [0.15, 0.2) is 6.61 Å². The molecule has 0 bridgehead atoms. The molecular formula is C29H31ClN4O4. The Balaban J connectivity index is 1.52. The van der Waals surface area contributed by atoms with E-state index in [0.717, 1.165) is 16.7 Å². The molecule has 0 aromatic heterocycles. The minimum Gasteiger partial charge on any atom is -0.483 e. The Labute approximate surface area is 227 Å². The van der Waals surface area contributed by atoms with E-state index in [1.807, 2.05) is 56.3 Å². The van der Waals surface area contributed by atoms with Gasteiger partial charge in [0.2, 0.25) is 0 Å². The molecule has 0 aliphatic carbocycles. The predicted octanol–water partition coefficient (Wildman–Crippen LogP) is 4.86. The van der Waals surface area contributed by atoms with Gasteiger partial charge in [-0.25, -0.2) is 5.43 Å². The van der Waals surface area contributed by atoms with Crippen LogP contribution >= 0.6 is 11.6 Å². The molecule has 9 heteroatoms. The number of carbonyl (C=O) groups is 3. The van der Waals surface area contributed by atoms with Crippen molar-refractivity contribution in [1.82, 2.24) is 10.7 Å². The fourth-order valence-corrected chi connectivity index (χ4v) is 3.59. The van der Waals surface area contributed by atoms with Crippen LogP contribution in [0.2, 0.25) is 5.02 Å². The quantitative estimate of drug-likeness (QED) is 0.207. The smallest absolute Gasteiger partial charge is 0.329 e. The summed E-state index contributed by atoms with van der Waals surface area (Å²) < 4.78 is 5.64. The third-order valence-electron chi connectivity index (χ3n) is 5.80. The molecule has 0 spiro atoms. The van der Waals surface area contributed by atoms with Crippen molar-refractivity contribution >= 4 is 41.2 Å². The summed E-state index contributed by atoms with van der Waals surface area (Å²) in [4.78, 5) is 36.6. The van der Waals surface area contributed by atoms with Crippen molar-refractivity contribution in [2.75, 3.05) is 11.9 Å². The first-order valence-corrected chi connectivity index (χ1v) is 12.5. The molecular weight excluding hydrogens is 504 g/mol. The van der Waals surface area contributed by atoms with Gasteiger partial charge in [-0.2, -0.15) is 5.10 Å². The number of hydrazone groups is 1. The van der Waals surface area contributed by atoms with Crippen LogP contribution in [0.25, 0.3) is 0 Å². The Morgan fingerprint density at radius 3 is 2.37 bits per heavy atom. The Bertz CT molecular complexity index is 1340. The number of amides is 3. The first kappa shape index (κ1) is 28.4. The van der Waals surface area contributed by atoms with Crippen molar-refractivity contribution in [2.45, 2.75) is 40.2 Å². The highest BCUT2D eigenvalue weighted by Crippen LogP contribution is 2.22. The number of carbonyl (C=O) groups excluding carboxylic acids is 3. The SMILES string of the molecule is Cc1ccc(NC(=O)COc2ccc(Cl)cc2/C=N\NC(=O)C(=O)NCc2ccc(C(C)C)cc2)cc1C. The Hall–Kier alpha value is -4.17. The zero-order valence-electron chi connectivity index (χ0n) is 21.8. The van der Waals surface area contributed by atoms with Crippen molar-refractivity contribution in [3.05, 3.63) is 93.5 Å². The van der Waals surface area contributed by atoms with E-state index < -0.39 is 11.8 Å². The summed E-state index contributed by atoms with van der Waals surface area (Å²) in [6, 6.07) is 18.2. The van der Waals surface area contributed by atoms with Gasteiger partial charge < -0.3 is 15.4 Å².